The lowest BCUT2D eigenvalue weighted by atomic mass is 9.89. The van der Waals surface area contributed by atoms with E-state index in [-0.39, 0.29) is 5.91 Å². The van der Waals surface area contributed by atoms with Crippen molar-refractivity contribution in [2.45, 2.75) is 45.1 Å². The Labute approximate surface area is 142 Å². The zero-order valence-electron chi connectivity index (χ0n) is 14.2. The standard InChI is InChI=1S/C20H24N2O2/c1-3-4-5-12-20(24)17-13-16(10-11-18(17)22-19(20)23)21-15-8-6-14(2)7-9-15/h6-11,13,21,24H,3-5,12H2,1-2H3,(H,22,23). The molecular weight excluding hydrogens is 300 g/mol. The van der Waals surface area contributed by atoms with Gasteiger partial charge in [-0.05, 0) is 50.1 Å². The van der Waals surface area contributed by atoms with Gasteiger partial charge in [0, 0.05) is 22.6 Å². The zero-order chi connectivity index (χ0) is 17.2. The third kappa shape index (κ3) is 3.15. The molecule has 0 saturated heterocycles. The van der Waals surface area contributed by atoms with Crippen molar-refractivity contribution >= 4 is 23.0 Å². The number of hydrogen-bond acceptors (Lipinski definition) is 3. The van der Waals surface area contributed by atoms with E-state index < -0.39 is 5.60 Å². The summed E-state index contributed by atoms with van der Waals surface area (Å²) in [6.07, 6.45) is 3.34. The van der Waals surface area contributed by atoms with Crippen LogP contribution < -0.4 is 10.6 Å². The van der Waals surface area contributed by atoms with Crippen LogP contribution >= 0.6 is 0 Å². The minimum Gasteiger partial charge on any atom is -0.375 e. The highest BCUT2D eigenvalue weighted by Gasteiger charge is 2.44. The molecule has 0 aromatic heterocycles. The number of nitrogens with one attached hydrogen (secondary N) is 2. The van der Waals surface area contributed by atoms with Crippen LogP contribution in [0.5, 0.6) is 0 Å². The van der Waals surface area contributed by atoms with Crippen LogP contribution in [0.2, 0.25) is 0 Å². The Hall–Kier alpha value is -2.33. The van der Waals surface area contributed by atoms with Gasteiger partial charge in [0.05, 0.1) is 0 Å². The first kappa shape index (κ1) is 16.5. The van der Waals surface area contributed by atoms with Crippen LogP contribution in [0, 0.1) is 6.92 Å². The van der Waals surface area contributed by atoms with Crippen LogP contribution in [-0.2, 0) is 10.4 Å². The van der Waals surface area contributed by atoms with Crippen LogP contribution in [0.3, 0.4) is 0 Å². The zero-order valence-corrected chi connectivity index (χ0v) is 14.2. The first-order valence-electron chi connectivity index (χ1n) is 8.55. The number of amides is 1. The number of rotatable bonds is 6. The molecule has 0 bridgehead atoms. The van der Waals surface area contributed by atoms with Crippen molar-refractivity contribution in [2.75, 3.05) is 10.6 Å². The molecule has 1 aliphatic rings. The molecule has 126 valence electrons. The summed E-state index contributed by atoms with van der Waals surface area (Å²) in [7, 11) is 0. The second-order valence-corrected chi connectivity index (χ2v) is 6.52. The third-order valence-corrected chi connectivity index (χ3v) is 4.57. The normalized spacial score (nSPS) is 19.0. The molecule has 0 saturated carbocycles. The van der Waals surface area contributed by atoms with Crippen molar-refractivity contribution in [3.63, 3.8) is 0 Å². The fourth-order valence-electron chi connectivity index (χ4n) is 3.10. The lowest BCUT2D eigenvalue weighted by molar-refractivity contribution is -0.134. The largest absolute Gasteiger partial charge is 0.375 e. The summed E-state index contributed by atoms with van der Waals surface area (Å²) in [4.78, 5) is 12.3. The van der Waals surface area contributed by atoms with Crippen LogP contribution in [0.1, 0.15) is 43.7 Å². The topological polar surface area (TPSA) is 61.4 Å². The fraction of sp³-hybridized carbons (Fsp3) is 0.350. The van der Waals surface area contributed by atoms with E-state index in [0.717, 1.165) is 30.6 Å². The van der Waals surface area contributed by atoms with E-state index in [1.54, 1.807) is 0 Å². The van der Waals surface area contributed by atoms with Crippen molar-refractivity contribution in [1.82, 2.24) is 0 Å². The highest BCUT2D eigenvalue weighted by molar-refractivity contribution is 6.05. The molecule has 1 amide bonds. The molecule has 0 spiro atoms. The molecule has 0 fully saturated rings. The summed E-state index contributed by atoms with van der Waals surface area (Å²) in [5, 5.41) is 17.1. The Morgan fingerprint density at radius 1 is 1.08 bits per heavy atom. The summed E-state index contributed by atoms with van der Waals surface area (Å²) in [5.41, 5.74) is 2.99. The average Bonchev–Trinajstić information content (AvgIpc) is 2.81. The van der Waals surface area contributed by atoms with Gasteiger partial charge >= 0.3 is 0 Å². The fourth-order valence-corrected chi connectivity index (χ4v) is 3.10. The van der Waals surface area contributed by atoms with Gasteiger partial charge in [-0.1, -0.05) is 37.5 Å². The van der Waals surface area contributed by atoms with Gasteiger partial charge in [-0.2, -0.15) is 0 Å². The number of aliphatic hydroxyl groups is 1. The first-order chi connectivity index (χ1) is 11.5. The van der Waals surface area contributed by atoms with E-state index in [1.807, 2.05) is 49.4 Å². The maximum atomic E-state index is 12.3. The van der Waals surface area contributed by atoms with E-state index in [0.29, 0.717) is 17.7 Å². The van der Waals surface area contributed by atoms with Gasteiger partial charge in [-0.3, -0.25) is 4.79 Å². The number of benzene rings is 2. The van der Waals surface area contributed by atoms with E-state index in [1.165, 1.54) is 5.56 Å². The number of anilines is 3. The Morgan fingerprint density at radius 2 is 1.79 bits per heavy atom. The minimum atomic E-state index is -1.42. The number of carbonyl (C=O) groups is 1. The predicted octanol–water partition coefficient (Wildman–Crippen LogP) is 4.46. The Balaban J connectivity index is 1.85. The molecule has 0 radical (unpaired) electrons. The molecule has 0 aliphatic carbocycles. The molecule has 4 nitrogen and oxygen atoms in total. The molecule has 1 aliphatic heterocycles. The molecule has 3 N–H and O–H groups in total. The summed E-state index contributed by atoms with van der Waals surface area (Å²) in [5.74, 6) is -0.318. The highest BCUT2D eigenvalue weighted by Crippen LogP contribution is 2.41. The smallest absolute Gasteiger partial charge is 0.261 e. The lowest BCUT2D eigenvalue weighted by Gasteiger charge is -2.21. The SMILES string of the molecule is CCCCCC1(O)C(=O)Nc2ccc(Nc3ccc(C)cc3)cc21. The lowest BCUT2D eigenvalue weighted by Crippen LogP contribution is -2.34. The summed E-state index contributed by atoms with van der Waals surface area (Å²) in [6, 6.07) is 13.7. The number of unbranched alkanes of at least 4 members (excludes halogenated alkanes) is 2. The quantitative estimate of drug-likeness (QED) is 0.688. The molecule has 2 aromatic carbocycles. The Morgan fingerprint density at radius 3 is 2.50 bits per heavy atom. The molecule has 1 atom stereocenters. The molecule has 1 unspecified atom stereocenters. The number of carbonyl (C=O) groups excluding carboxylic acids is 1. The second-order valence-electron chi connectivity index (χ2n) is 6.52. The minimum absolute atomic E-state index is 0.318. The van der Waals surface area contributed by atoms with Gasteiger partial charge in [0.2, 0.25) is 0 Å². The first-order valence-corrected chi connectivity index (χ1v) is 8.55. The van der Waals surface area contributed by atoms with Crippen LogP contribution in [0.4, 0.5) is 17.1 Å². The molecule has 4 heteroatoms. The van der Waals surface area contributed by atoms with E-state index in [2.05, 4.69) is 17.6 Å². The molecular formula is C20H24N2O2. The Bertz CT molecular complexity index is 740. The van der Waals surface area contributed by atoms with Crippen molar-refractivity contribution in [2.24, 2.45) is 0 Å². The number of fused-ring (bicyclic) bond motifs is 1. The maximum absolute atomic E-state index is 12.3. The number of aryl methyl sites for hydroxylation is 1. The van der Waals surface area contributed by atoms with Gasteiger partial charge in [0.15, 0.2) is 5.60 Å². The van der Waals surface area contributed by atoms with Crippen molar-refractivity contribution in [1.29, 1.82) is 0 Å². The van der Waals surface area contributed by atoms with E-state index >= 15 is 0 Å². The van der Waals surface area contributed by atoms with Gasteiger partial charge in [0.25, 0.3) is 5.91 Å². The van der Waals surface area contributed by atoms with Gasteiger partial charge in [0.1, 0.15) is 0 Å². The van der Waals surface area contributed by atoms with Crippen molar-refractivity contribution in [3.8, 4) is 0 Å². The number of hydrogen-bond donors (Lipinski definition) is 3. The van der Waals surface area contributed by atoms with Crippen molar-refractivity contribution < 1.29 is 9.90 Å². The summed E-state index contributed by atoms with van der Waals surface area (Å²) >= 11 is 0. The molecule has 24 heavy (non-hydrogen) atoms. The van der Waals surface area contributed by atoms with Gasteiger partial charge in [-0.15, -0.1) is 0 Å². The second kappa shape index (κ2) is 6.65. The summed E-state index contributed by atoms with van der Waals surface area (Å²) in [6.45, 7) is 4.16. The van der Waals surface area contributed by atoms with Crippen LogP contribution in [-0.4, -0.2) is 11.0 Å². The third-order valence-electron chi connectivity index (χ3n) is 4.57. The molecule has 2 aromatic rings. The van der Waals surface area contributed by atoms with Crippen molar-refractivity contribution in [3.05, 3.63) is 53.6 Å². The average molecular weight is 324 g/mol. The predicted molar refractivity (Wildman–Crippen MR) is 97.6 cm³/mol. The van der Waals surface area contributed by atoms with E-state index in [4.69, 9.17) is 0 Å². The van der Waals surface area contributed by atoms with Crippen LogP contribution in [0.15, 0.2) is 42.5 Å². The van der Waals surface area contributed by atoms with Crippen LogP contribution in [0.25, 0.3) is 0 Å². The highest BCUT2D eigenvalue weighted by atomic mass is 16.3. The Kier molecular flexibility index (Phi) is 4.58. The molecule has 1 heterocycles. The van der Waals surface area contributed by atoms with Gasteiger partial charge < -0.3 is 15.7 Å². The van der Waals surface area contributed by atoms with E-state index in [9.17, 15) is 9.90 Å². The monoisotopic (exact) mass is 324 g/mol. The van der Waals surface area contributed by atoms with Gasteiger partial charge in [-0.25, -0.2) is 0 Å². The molecule has 3 rings (SSSR count). The summed E-state index contributed by atoms with van der Waals surface area (Å²) < 4.78 is 0. The maximum Gasteiger partial charge on any atom is 0.261 e.